The molecule has 1 fully saturated rings. The molecule has 2 atom stereocenters. The standard InChI is InChI=1S/C21H26ClN7OS3/c1-12-25-19(32-27-12)13-6-9-29(10-7-13)18-16-14(5-8-24-18)15(22)17(31-16)21(2)11-33(4,30)28(3)20(23)26-21/h5,8,13H,4,6-7,9-11H2,1-3H3,(H2,23,26)/t21-,33?/m0/s1. The van der Waals surface area contributed by atoms with Crippen LogP contribution in [0.3, 0.4) is 0 Å². The zero-order valence-corrected chi connectivity index (χ0v) is 22.0. The monoisotopic (exact) mass is 523 g/mol. The van der Waals surface area contributed by atoms with Crippen LogP contribution in [0, 0.1) is 6.92 Å². The third kappa shape index (κ3) is 3.88. The van der Waals surface area contributed by atoms with Gasteiger partial charge in [-0.1, -0.05) is 11.6 Å². The molecule has 5 heterocycles. The average molecular weight is 524 g/mol. The fraction of sp³-hybridized carbons (Fsp3) is 0.476. The fourth-order valence-corrected chi connectivity index (χ4v) is 8.95. The molecule has 0 amide bonds. The summed E-state index contributed by atoms with van der Waals surface area (Å²) >= 11 is 9.96. The van der Waals surface area contributed by atoms with E-state index in [1.54, 1.807) is 24.6 Å². The first kappa shape index (κ1) is 22.8. The number of guanidine groups is 1. The van der Waals surface area contributed by atoms with E-state index in [1.807, 2.05) is 19.9 Å². The van der Waals surface area contributed by atoms with Crippen molar-refractivity contribution in [2.75, 3.05) is 30.8 Å². The Bertz CT molecular complexity index is 1360. The van der Waals surface area contributed by atoms with Crippen LogP contribution >= 0.6 is 34.5 Å². The second-order valence-electron chi connectivity index (χ2n) is 8.86. The van der Waals surface area contributed by atoms with Crippen LogP contribution in [0.15, 0.2) is 17.3 Å². The number of nitrogens with two attached hydrogens (primary N) is 1. The van der Waals surface area contributed by atoms with E-state index in [0.717, 1.165) is 57.5 Å². The molecule has 12 heteroatoms. The van der Waals surface area contributed by atoms with Gasteiger partial charge in [0.15, 0.2) is 0 Å². The van der Waals surface area contributed by atoms with Gasteiger partial charge in [-0.25, -0.2) is 19.2 Å². The zero-order valence-electron chi connectivity index (χ0n) is 18.7. The Morgan fingerprint density at radius 3 is 2.73 bits per heavy atom. The molecule has 1 unspecified atom stereocenters. The minimum Gasteiger partial charge on any atom is -0.369 e. The van der Waals surface area contributed by atoms with Gasteiger partial charge in [0.1, 0.15) is 22.2 Å². The smallest absolute Gasteiger partial charge is 0.203 e. The molecule has 3 aromatic rings. The maximum atomic E-state index is 13.1. The number of halogens is 1. The summed E-state index contributed by atoms with van der Waals surface area (Å²) in [6.45, 7) is 5.64. The van der Waals surface area contributed by atoms with Crippen LogP contribution in [0.5, 0.6) is 0 Å². The first-order valence-electron chi connectivity index (χ1n) is 10.7. The van der Waals surface area contributed by atoms with Crippen LogP contribution in [-0.4, -0.2) is 60.6 Å². The van der Waals surface area contributed by atoms with E-state index >= 15 is 0 Å². The lowest BCUT2D eigenvalue weighted by molar-refractivity contribution is 0.501. The van der Waals surface area contributed by atoms with Crippen molar-refractivity contribution in [1.29, 1.82) is 0 Å². The summed E-state index contributed by atoms with van der Waals surface area (Å²) in [5, 5.41) is 2.69. The third-order valence-corrected chi connectivity index (χ3v) is 11.5. The van der Waals surface area contributed by atoms with Gasteiger partial charge >= 0.3 is 0 Å². The number of hydrogen-bond donors (Lipinski definition) is 1. The molecule has 0 bridgehead atoms. The van der Waals surface area contributed by atoms with Gasteiger partial charge in [0.25, 0.3) is 0 Å². The maximum absolute atomic E-state index is 13.1. The first-order valence-corrected chi connectivity index (χ1v) is 14.5. The minimum atomic E-state index is -2.59. The molecule has 0 spiro atoms. The molecule has 0 aromatic carbocycles. The minimum absolute atomic E-state index is 0.213. The van der Waals surface area contributed by atoms with Crippen LogP contribution in [0.25, 0.3) is 10.1 Å². The van der Waals surface area contributed by atoms with Gasteiger partial charge in [-0.3, -0.25) is 4.31 Å². The molecule has 2 N–H and O–H groups in total. The van der Waals surface area contributed by atoms with Gasteiger partial charge in [-0.15, -0.1) is 11.3 Å². The highest BCUT2D eigenvalue weighted by Crippen LogP contribution is 2.47. The summed E-state index contributed by atoms with van der Waals surface area (Å²) in [6, 6.07) is 1.94. The lowest BCUT2D eigenvalue weighted by Gasteiger charge is -2.36. The van der Waals surface area contributed by atoms with Crippen molar-refractivity contribution >= 4 is 71.9 Å². The van der Waals surface area contributed by atoms with Gasteiger partial charge in [-0.2, -0.15) is 4.37 Å². The number of pyridine rings is 1. The lowest BCUT2D eigenvalue weighted by Crippen LogP contribution is -2.50. The van der Waals surface area contributed by atoms with Crippen molar-refractivity contribution in [1.82, 2.24) is 18.6 Å². The molecule has 3 aromatic heterocycles. The number of aromatic nitrogens is 3. The van der Waals surface area contributed by atoms with Crippen molar-refractivity contribution in [3.8, 4) is 0 Å². The van der Waals surface area contributed by atoms with Crippen LogP contribution in [0.4, 0.5) is 5.82 Å². The van der Waals surface area contributed by atoms with Crippen LogP contribution < -0.4 is 10.6 Å². The summed E-state index contributed by atoms with van der Waals surface area (Å²) in [7, 11) is -0.931. The van der Waals surface area contributed by atoms with E-state index in [1.165, 1.54) is 15.8 Å². The van der Waals surface area contributed by atoms with Crippen molar-refractivity contribution in [2.45, 2.75) is 38.1 Å². The van der Waals surface area contributed by atoms with Gasteiger partial charge in [0, 0.05) is 37.6 Å². The van der Waals surface area contributed by atoms with Crippen LogP contribution in [0.1, 0.15) is 41.4 Å². The highest BCUT2D eigenvalue weighted by atomic mass is 35.5. The van der Waals surface area contributed by atoms with Gasteiger partial charge in [0.05, 0.1) is 30.1 Å². The number of aliphatic imine (C=N–C) groups is 1. The molecule has 0 saturated carbocycles. The summed E-state index contributed by atoms with van der Waals surface area (Å²) in [4.78, 5) is 17.2. The second-order valence-corrected chi connectivity index (χ2v) is 13.4. The number of piperidine rings is 1. The molecule has 176 valence electrons. The molecule has 2 aliphatic rings. The number of rotatable bonds is 3. The number of fused-ring (bicyclic) bond motifs is 1. The molecule has 2 aliphatic heterocycles. The molecule has 5 rings (SSSR count). The van der Waals surface area contributed by atoms with Gasteiger partial charge in [-0.05, 0) is 50.2 Å². The molecule has 33 heavy (non-hydrogen) atoms. The predicted octanol–water partition coefficient (Wildman–Crippen LogP) is 3.60. The average Bonchev–Trinajstić information content (AvgIpc) is 3.36. The molecular weight excluding hydrogens is 498 g/mol. The van der Waals surface area contributed by atoms with Crippen molar-refractivity contribution < 1.29 is 4.21 Å². The van der Waals surface area contributed by atoms with Gasteiger partial charge in [0.2, 0.25) is 5.96 Å². The van der Waals surface area contributed by atoms with E-state index < -0.39 is 15.2 Å². The summed E-state index contributed by atoms with van der Waals surface area (Å²) < 4.78 is 19.9. The Balaban J connectivity index is 1.49. The number of anilines is 1. The van der Waals surface area contributed by atoms with Crippen molar-refractivity contribution in [2.24, 2.45) is 10.7 Å². The summed E-state index contributed by atoms with van der Waals surface area (Å²) in [5.74, 6) is 6.60. The fourth-order valence-electron chi connectivity index (χ4n) is 4.55. The first-order chi connectivity index (χ1) is 15.6. The van der Waals surface area contributed by atoms with Crippen molar-refractivity contribution in [3.63, 3.8) is 0 Å². The largest absolute Gasteiger partial charge is 0.369 e. The second kappa shape index (κ2) is 8.07. The summed E-state index contributed by atoms with van der Waals surface area (Å²) in [5.41, 5.74) is 5.30. The SMILES string of the molecule is C=S1(=O)C[C@@](C)(c2sc3c(N4CCC(c5nc(C)ns5)CC4)nccc3c2Cl)N=C(N)N1C. The Labute approximate surface area is 206 Å². The van der Waals surface area contributed by atoms with Gasteiger partial charge < -0.3 is 10.6 Å². The highest BCUT2D eigenvalue weighted by Gasteiger charge is 2.40. The Morgan fingerprint density at radius 2 is 2.09 bits per heavy atom. The summed E-state index contributed by atoms with van der Waals surface area (Å²) in [6.07, 6.45) is 3.82. The number of nitrogens with zero attached hydrogens (tertiary/aromatic N) is 6. The Morgan fingerprint density at radius 1 is 1.36 bits per heavy atom. The predicted molar refractivity (Wildman–Crippen MR) is 140 cm³/mol. The number of thiophene rings is 1. The molecule has 0 aliphatic carbocycles. The molecule has 0 radical (unpaired) electrons. The topological polar surface area (TPSA) is 101 Å². The molecular formula is C21H26ClN7OS3. The lowest BCUT2D eigenvalue weighted by atomic mass is 9.97. The van der Waals surface area contributed by atoms with E-state index in [9.17, 15) is 4.21 Å². The molecule has 1 saturated heterocycles. The maximum Gasteiger partial charge on any atom is 0.203 e. The van der Waals surface area contributed by atoms with E-state index in [0.29, 0.717) is 10.9 Å². The third-order valence-electron chi connectivity index (χ3n) is 6.39. The molecule has 8 nitrogen and oxygen atoms in total. The number of hydrogen-bond acceptors (Lipinski definition) is 9. The normalized spacial score (nSPS) is 26.7. The van der Waals surface area contributed by atoms with E-state index in [2.05, 4.69) is 25.1 Å². The zero-order chi connectivity index (χ0) is 23.5. The Hall–Kier alpha value is -1.95. The van der Waals surface area contributed by atoms with Crippen LogP contribution in [-0.2, 0) is 15.2 Å². The Kier molecular flexibility index (Phi) is 5.58. The van der Waals surface area contributed by atoms with E-state index in [4.69, 9.17) is 22.3 Å². The van der Waals surface area contributed by atoms with Crippen molar-refractivity contribution in [3.05, 3.63) is 33.0 Å². The highest BCUT2D eigenvalue weighted by molar-refractivity contribution is 7.98. The van der Waals surface area contributed by atoms with E-state index in [-0.39, 0.29) is 11.7 Å². The quantitative estimate of drug-likeness (QED) is 0.526. The van der Waals surface area contributed by atoms with Crippen LogP contribution in [0.2, 0.25) is 5.02 Å². The number of aryl methyl sites for hydroxylation is 1.